The van der Waals surface area contributed by atoms with Gasteiger partial charge in [0, 0.05) is 5.92 Å². The SMILES string of the molecule is C[C@H](Cc1ccc2ccccc2c1)C(N)=O. The quantitative estimate of drug-likeness (QED) is 0.836. The molecule has 0 saturated carbocycles. The van der Waals surface area contributed by atoms with E-state index in [1.165, 1.54) is 10.8 Å². The van der Waals surface area contributed by atoms with Gasteiger partial charge in [0.2, 0.25) is 5.91 Å². The third-order valence-corrected chi connectivity index (χ3v) is 2.84. The summed E-state index contributed by atoms with van der Waals surface area (Å²) in [4.78, 5) is 11.0. The van der Waals surface area contributed by atoms with Crippen LogP contribution in [0.5, 0.6) is 0 Å². The Balaban J connectivity index is 2.29. The molecule has 2 aromatic carbocycles. The van der Waals surface area contributed by atoms with Gasteiger partial charge in [-0.3, -0.25) is 4.79 Å². The van der Waals surface area contributed by atoms with Gasteiger partial charge in [-0.15, -0.1) is 0 Å². The molecule has 2 rings (SSSR count). The molecule has 82 valence electrons. The molecule has 0 unspecified atom stereocenters. The first-order valence-electron chi connectivity index (χ1n) is 5.44. The maximum absolute atomic E-state index is 11.0. The Kier molecular flexibility index (Phi) is 2.91. The van der Waals surface area contributed by atoms with Crippen LogP contribution in [0, 0.1) is 5.92 Å². The molecule has 0 radical (unpaired) electrons. The van der Waals surface area contributed by atoms with Gasteiger partial charge in [0.05, 0.1) is 0 Å². The molecule has 1 atom stereocenters. The summed E-state index contributed by atoms with van der Waals surface area (Å²) < 4.78 is 0. The van der Waals surface area contributed by atoms with Crippen LogP contribution in [0.1, 0.15) is 12.5 Å². The number of primary amides is 1. The van der Waals surface area contributed by atoms with Crippen LogP contribution in [-0.2, 0) is 11.2 Å². The average Bonchev–Trinajstić information content (AvgIpc) is 2.28. The monoisotopic (exact) mass is 213 g/mol. The Hall–Kier alpha value is -1.83. The summed E-state index contributed by atoms with van der Waals surface area (Å²) in [5.41, 5.74) is 6.41. The highest BCUT2D eigenvalue weighted by Gasteiger charge is 2.09. The van der Waals surface area contributed by atoms with Crippen LogP contribution in [0.4, 0.5) is 0 Å². The molecule has 0 aromatic heterocycles. The number of carbonyl (C=O) groups excluding carboxylic acids is 1. The lowest BCUT2D eigenvalue weighted by atomic mass is 9.98. The second-order valence-corrected chi connectivity index (χ2v) is 4.19. The fraction of sp³-hybridized carbons (Fsp3) is 0.214. The fourth-order valence-electron chi connectivity index (χ4n) is 1.82. The van der Waals surface area contributed by atoms with Crippen molar-refractivity contribution in [3.8, 4) is 0 Å². The summed E-state index contributed by atoms with van der Waals surface area (Å²) in [5.74, 6) is -0.352. The summed E-state index contributed by atoms with van der Waals surface area (Å²) in [5, 5.41) is 2.43. The minimum atomic E-state index is -0.242. The van der Waals surface area contributed by atoms with Crippen molar-refractivity contribution in [1.29, 1.82) is 0 Å². The van der Waals surface area contributed by atoms with Crippen LogP contribution in [-0.4, -0.2) is 5.91 Å². The number of fused-ring (bicyclic) bond motifs is 1. The molecule has 0 aliphatic rings. The van der Waals surface area contributed by atoms with Crippen LogP contribution < -0.4 is 5.73 Å². The lowest BCUT2D eigenvalue weighted by molar-refractivity contribution is -0.121. The number of carbonyl (C=O) groups is 1. The number of benzene rings is 2. The zero-order valence-corrected chi connectivity index (χ0v) is 9.31. The van der Waals surface area contributed by atoms with E-state index in [9.17, 15) is 4.79 Å². The van der Waals surface area contributed by atoms with Crippen molar-refractivity contribution < 1.29 is 4.79 Å². The lowest BCUT2D eigenvalue weighted by Crippen LogP contribution is -2.22. The summed E-state index contributed by atoms with van der Waals surface area (Å²) in [6.45, 7) is 1.86. The zero-order chi connectivity index (χ0) is 11.5. The Bertz CT molecular complexity index is 519. The zero-order valence-electron chi connectivity index (χ0n) is 9.31. The molecular formula is C14H15NO. The van der Waals surface area contributed by atoms with Crippen LogP contribution in [0.15, 0.2) is 42.5 Å². The predicted molar refractivity (Wildman–Crippen MR) is 66.0 cm³/mol. The maximum Gasteiger partial charge on any atom is 0.220 e. The van der Waals surface area contributed by atoms with Crippen molar-refractivity contribution in [3.05, 3.63) is 48.0 Å². The van der Waals surface area contributed by atoms with Crippen LogP contribution in [0.25, 0.3) is 10.8 Å². The highest BCUT2D eigenvalue weighted by Crippen LogP contribution is 2.17. The van der Waals surface area contributed by atoms with Crippen molar-refractivity contribution >= 4 is 16.7 Å². The van der Waals surface area contributed by atoms with Crippen molar-refractivity contribution in [2.45, 2.75) is 13.3 Å². The van der Waals surface area contributed by atoms with E-state index < -0.39 is 0 Å². The molecule has 0 saturated heterocycles. The number of nitrogens with two attached hydrogens (primary N) is 1. The summed E-state index contributed by atoms with van der Waals surface area (Å²) in [6.07, 6.45) is 0.708. The molecule has 2 heteroatoms. The molecule has 0 aliphatic carbocycles. The Morgan fingerprint density at radius 3 is 2.56 bits per heavy atom. The van der Waals surface area contributed by atoms with Crippen LogP contribution in [0.3, 0.4) is 0 Å². The first kappa shape index (κ1) is 10.7. The second-order valence-electron chi connectivity index (χ2n) is 4.19. The molecule has 2 N–H and O–H groups in total. The predicted octanol–water partition coefficient (Wildman–Crippen LogP) is 2.50. The maximum atomic E-state index is 11.0. The first-order valence-corrected chi connectivity index (χ1v) is 5.44. The van der Waals surface area contributed by atoms with E-state index in [1.54, 1.807) is 0 Å². The van der Waals surface area contributed by atoms with Crippen molar-refractivity contribution in [1.82, 2.24) is 0 Å². The highest BCUT2D eigenvalue weighted by molar-refractivity contribution is 5.83. The molecule has 0 heterocycles. The smallest absolute Gasteiger partial charge is 0.220 e. The van der Waals surface area contributed by atoms with Gasteiger partial charge in [-0.1, -0.05) is 49.4 Å². The summed E-state index contributed by atoms with van der Waals surface area (Å²) >= 11 is 0. The topological polar surface area (TPSA) is 43.1 Å². The van der Waals surface area contributed by atoms with Crippen molar-refractivity contribution in [2.75, 3.05) is 0 Å². The van der Waals surface area contributed by atoms with Gasteiger partial charge >= 0.3 is 0 Å². The van der Waals surface area contributed by atoms with Gasteiger partial charge in [-0.2, -0.15) is 0 Å². The third-order valence-electron chi connectivity index (χ3n) is 2.84. The Morgan fingerprint density at radius 1 is 1.19 bits per heavy atom. The van der Waals surface area contributed by atoms with Gasteiger partial charge in [0.1, 0.15) is 0 Å². The number of amides is 1. The highest BCUT2D eigenvalue weighted by atomic mass is 16.1. The van der Waals surface area contributed by atoms with E-state index >= 15 is 0 Å². The minimum Gasteiger partial charge on any atom is -0.369 e. The molecular weight excluding hydrogens is 198 g/mol. The molecule has 1 amide bonds. The van der Waals surface area contributed by atoms with E-state index in [-0.39, 0.29) is 11.8 Å². The van der Waals surface area contributed by atoms with Crippen LogP contribution in [0.2, 0.25) is 0 Å². The molecule has 2 nitrogen and oxygen atoms in total. The number of hydrogen-bond donors (Lipinski definition) is 1. The normalized spacial score (nSPS) is 12.6. The molecule has 2 aromatic rings. The van der Waals surface area contributed by atoms with Crippen LogP contribution >= 0.6 is 0 Å². The largest absolute Gasteiger partial charge is 0.369 e. The average molecular weight is 213 g/mol. The first-order chi connectivity index (χ1) is 7.66. The van der Waals surface area contributed by atoms with Gasteiger partial charge < -0.3 is 5.73 Å². The van der Waals surface area contributed by atoms with Gasteiger partial charge in [0.15, 0.2) is 0 Å². The van der Waals surface area contributed by atoms with E-state index in [2.05, 4.69) is 30.3 Å². The molecule has 16 heavy (non-hydrogen) atoms. The van der Waals surface area contributed by atoms with Crippen molar-refractivity contribution in [3.63, 3.8) is 0 Å². The molecule has 0 spiro atoms. The molecule has 0 fully saturated rings. The number of hydrogen-bond acceptors (Lipinski definition) is 1. The van der Waals surface area contributed by atoms with E-state index in [4.69, 9.17) is 5.73 Å². The lowest BCUT2D eigenvalue weighted by Gasteiger charge is -2.08. The Labute approximate surface area is 95.1 Å². The van der Waals surface area contributed by atoms with Gasteiger partial charge in [0.25, 0.3) is 0 Å². The molecule has 0 bridgehead atoms. The van der Waals surface area contributed by atoms with E-state index in [1.807, 2.05) is 19.1 Å². The standard InChI is InChI=1S/C14H15NO/c1-10(14(15)16)8-11-6-7-12-4-2-3-5-13(12)9-11/h2-7,9-10H,8H2,1H3,(H2,15,16)/t10-/m1/s1. The molecule has 0 aliphatic heterocycles. The summed E-state index contributed by atoms with van der Waals surface area (Å²) in [6, 6.07) is 14.5. The Morgan fingerprint density at radius 2 is 1.88 bits per heavy atom. The minimum absolute atomic E-state index is 0.110. The third kappa shape index (κ3) is 2.22. The fourth-order valence-corrected chi connectivity index (χ4v) is 1.82. The number of rotatable bonds is 3. The summed E-state index contributed by atoms with van der Waals surface area (Å²) in [7, 11) is 0. The van der Waals surface area contributed by atoms with Gasteiger partial charge in [-0.05, 0) is 22.8 Å². The van der Waals surface area contributed by atoms with Crippen molar-refractivity contribution in [2.24, 2.45) is 11.7 Å². The van der Waals surface area contributed by atoms with E-state index in [0.29, 0.717) is 6.42 Å². The van der Waals surface area contributed by atoms with E-state index in [0.717, 1.165) is 5.56 Å². The second kappa shape index (κ2) is 4.35. The van der Waals surface area contributed by atoms with Gasteiger partial charge in [-0.25, -0.2) is 0 Å².